The normalized spacial score (nSPS) is 18.9. The van der Waals surface area contributed by atoms with Crippen LogP contribution in [0.3, 0.4) is 0 Å². The summed E-state index contributed by atoms with van der Waals surface area (Å²) in [6.07, 6.45) is 3.77. The molecule has 8 heteroatoms. The third-order valence-electron chi connectivity index (χ3n) is 4.64. The molecule has 4 rings (SSSR count). The Hall–Kier alpha value is -2.09. The molecule has 2 aliphatic heterocycles. The Bertz CT molecular complexity index is 727. The van der Waals surface area contributed by atoms with Gasteiger partial charge in [0, 0.05) is 44.3 Å². The Morgan fingerprint density at radius 3 is 2.65 bits per heavy atom. The second-order valence-electron chi connectivity index (χ2n) is 6.23. The van der Waals surface area contributed by atoms with Gasteiger partial charge in [0.2, 0.25) is 0 Å². The average molecular weight is 332 g/mol. The quantitative estimate of drug-likeness (QED) is 0.861. The molecule has 0 atom stereocenters. The molecule has 2 aromatic rings. The van der Waals surface area contributed by atoms with Crippen molar-refractivity contribution in [3.63, 3.8) is 0 Å². The number of anilines is 2. The van der Waals surface area contributed by atoms with Crippen molar-refractivity contribution in [2.45, 2.75) is 19.9 Å². The van der Waals surface area contributed by atoms with Gasteiger partial charge in [0.1, 0.15) is 0 Å². The van der Waals surface area contributed by atoms with Crippen molar-refractivity contribution in [3.05, 3.63) is 23.0 Å². The van der Waals surface area contributed by atoms with Gasteiger partial charge in [0.25, 0.3) is 0 Å². The van der Waals surface area contributed by atoms with Gasteiger partial charge in [-0.2, -0.15) is 5.10 Å². The molecule has 2 aromatic heterocycles. The van der Waals surface area contributed by atoms with E-state index in [0.29, 0.717) is 6.04 Å². The Morgan fingerprint density at radius 2 is 2.04 bits per heavy atom. The van der Waals surface area contributed by atoms with Gasteiger partial charge < -0.3 is 9.80 Å². The Morgan fingerprint density at radius 1 is 1.26 bits per heavy atom. The number of aryl methyl sites for hydroxylation is 2. The van der Waals surface area contributed by atoms with E-state index in [0.717, 1.165) is 42.7 Å². The van der Waals surface area contributed by atoms with Gasteiger partial charge in [0.15, 0.2) is 5.13 Å². The van der Waals surface area contributed by atoms with Crippen LogP contribution < -0.4 is 9.80 Å². The highest BCUT2D eigenvalue weighted by Gasteiger charge is 2.33. The molecule has 2 amide bonds. The monoisotopic (exact) mass is 332 g/mol. The summed E-state index contributed by atoms with van der Waals surface area (Å²) in [5.74, 6) is 0. The number of rotatable bonds is 3. The number of hydrogen-bond acceptors (Lipinski definition) is 5. The van der Waals surface area contributed by atoms with Crippen molar-refractivity contribution in [2.24, 2.45) is 0 Å². The van der Waals surface area contributed by atoms with Crippen molar-refractivity contribution in [2.75, 3.05) is 43.0 Å². The number of urea groups is 1. The van der Waals surface area contributed by atoms with E-state index < -0.39 is 0 Å². The Kier molecular flexibility index (Phi) is 3.29. The molecule has 0 unspecified atom stereocenters. The topological polar surface area (TPSA) is 57.5 Å². The molecule has 0 bridgehead atoms. The Labute approximate surface area is 139 Å². The van der Waals surface area contributed by atoms with Crippen LogP contribution in [0.1, 0.15) is 16.6 Å². The van der Waals surface area contributed by atoms with E-state index in [1.165, 1.54) is 4.88 Å². The first kappa shape index (κ1) is 14.5. The molecular weight excluding hydrogens is 312 g/mol. The average Bonchev–Trinajstić information content (AvgIpc) is 3.13. The summed E-state index contributed by atoms with van der Waals surface area (Å²) in [6.45, 7) is 7.50. The fraction of sp³-hybridized carbons (Fsp3) is 0.533. The van der Waals surface area contributed by atoms with Gasteiger partial charge in [-0.15, -0.1) is 11.3 Å². The molecule has 2 aliphatic rings. The van der Waals surface area contributed by atoms with Crippen molar-refractivity contribution in [1.29, 1.82) is 0 Å². The molecule has 4 heterocycles. The van der Waals surface area contributed by atoms with E-state index in [4.69, 9.17) is 0 Å². The second kappa shape index (κ2) is 5.23. The van der Waals surface area contributed by atoms with Crippen molar-refractivity contribution >= 4 is 28.2 Å². The van der Waals surface area contributed by atoms with E-state index in [9.17, 15) is 4.79 Å². The summed E-state index contributed by atoms with van der Waals surface area (Å²) in [7, 11) is 1.83. The first-order valence-corrected chi connectivity index (χ1v) is 8.60. The van der Waals surface area contributed by atoms with Crippen molar-refractivity contribution < 1.29 is 4.79 Å². The molecule has 0 radical (unpaired) electrons. The third-order valence-corrected chi connectivity index (χ3v) is 5.77. The highest BCUT2D eigenvalue weighted by Crippen LogP contribution is 2.33. The Balaban J connectivity index is 1.42. The number of hydrogen-bond donors (Lipinski definition) is 0. The van der Waals surface area contributed by atoms with E-state index in [-0.39, 0.29) is 6.03 Å². The van der Waals surface area contributed by atoms with E-state index >= 15 is 0 Å². The molecule has 7 nitrogen and oxygen atoms in total. The smallest absolute Gasteiger partial charge is 0.324 e. The summed E-state index contributed by atoms with van der Waals surface area (Å²) < 4.78 is 1.98. The molecule has 0 spiro atoms. The molecule has 2 saturated heterocycles. The molecule has 23 heavy (non-hydrogen) atoms. The van der Waals surface area contributed by atoms with Gasteiger partial charge in [-0.3, -0.25) is 9.58 Å². The predicted octanol–water partition coefficient (Wildman–Crippen LogP) is 1.89. The number of nitrogens with zero attached hydrogens (tertiary/aromatic N) is 6. The number of carbonyl (C=O) groups is 1. The maximum Gasteiger partial charge on any atom is 0.324 e. The van der Waals surface area contributed by atoms with Crippen LogP contribution in [0.15, 0.2) is 12.4 Å². The molecule has 0 N–H and O–H groups in total. The SMILES string of the molecule is Cc1nc(N2CC(n3cc(N4CCN(C)C4=O)cn3)C2)sc1C. The standard InChI is InChI=1S/C15H20N6OS/c1-10-11(2)23-14(17-10)19-7-13(8-19)21-9-12(6-16-21)20-5-4-18(3)15(20)22/h6,9,13H,4-5,7-8H2,1-3H3. The van der Waals surface area contributed by atoms with E-state index in [2.05, 4.69) is 28.8 Å². The molecule has 0 aromatic carbocycles. The molecule has 0 saturated carbocycles. The summed E-state index contributed by atoms with van der Waals surface area (Å²) in [4.78, 5) is 23.7. The molecule has 0 aliphatic carbocycles. The number of aromatic nitrogens is 3. The minimum atomic E-state index is 0.0496. The number of carbonyl (C=O) groups excluding carboxylic acids is 1. The van der Waals surface area contributed by atoms with Crippen LogP contribution in [-0.2, 0) is 0 Å². The number of thiazole rings is 1. The number of amides is 2. The molecular formula is C15H20N6OS. The van der Waals surface area contributed by atoms with Crippen LogP contribution in [0, 0.1) is 13.8 Å². The summed E-state index contributed by atoms with van der Waals surface area (Å²) in [5.41, 5.74) is 2.00. The minimum Gasteiger partial charge on any atom is -0.344 e. The van der Waals surface area contributed by atoms with Crippen molar-refractivity contribution in [1.82, 2.24) is 19.7 Å². The van der Waals surface area contributed by atoms with Crippen LogP contribution in [0.4, 0.5) is 15.6 Å². The van der Waals surface area contributed by atoms with Crippen LogP contribution in [0.25, 0.3) is 0 Å². The number of likely N-dealkylation sites (N-methyl/N-ethyl adjacent to an activating group) is 1. The molecule has 122 valence electrons. The lowest BCUT2D eigenvalue weighted by molar-refractivity contribution is 0.229. The summed E-state index contributed by atoms with van der Waals surface area (Å²) in [5, 5.41) is 5.55. The zero-order chi connectivity index (χ0) is 16.1. The predicted molar refractivity (Wildman–Crippen MR) is 90.4 cm³/mol. The highest BCUT2D eigenvalue weighted by molar-refractivity contribution is 7.15. The zero-order valence-electron chi connectivity index (χ0n) is 13.6. The minimum absolute atomic E-state index is 0.0496. The van der Waals surface area contributed by atoms with Crippen molar-refractivity contribution in [3.8, 4) is 0 Å². The van der Waals surface area contributed by atoms with Gasteiger partial charge in [-0.1, -0.05) is 0 Å². The highest BCUT2D eigenvalue weighted by atomic mass is 32.1. The van der Waals surface area contributed by atoms with Crippen LogP contribution in [0.2, 0.25) is 0 Å². The van der Waals surface area contributed by atoms with Crippen LogP contribution in [0.5, 0.6) is 0 Å². The van der Waals surface area contributed by atoms with E-state index in [1.54, 1.807) is 27.3 Å². The largest absolute Gasteiger partial charge is 0.344 e. The molecule has 2 fully saturated rings. The second-order valence-corrected chi connectivity index (χ2v) is 7.41. The maximum atomic E-state index is 12.0. The first-order valence-electron chi connectivity index (χ1n) is 7.78. The third kappa shape index (κ3) is 2.37. The summed E-state index contributed by atoms with van der Waals surface area (Å²) in [6, 6.07) is 0.400. The fourth-order valence-corrected chi connectivity index (χ4v) is 3.85. The van der Waals surface area contributed by atoms with Crippen LogP contribution in [-0.4, -0.2) is 58.9 Å². The van der Waals surface area contributed by atoms with Crippen LogP contribution >= 0.6 is 11.3 Å². The lowest BCUT2D eigenvalue weighted by Gasteiger charge is -2.39. The lowest BCUT2D eigenvalue weighted by Crippen LogP contribution is -2.48. The van der Waals surface area contributed by atoms with Gasteiger partial charge in [0.05, 0.1) is 23.6 Å². The maximum absolute atomic E-state index is 12.0. The van der Waals surface area contributed by atoms with Gasteiger partial charge in [-0.25, -0.2) is 9.78 Å². The fourth-order valence-electron chi connectivity index (χ4n) is 2.92. The first-order chi connectivity index (χ1) is 11.0. The lowest BCUT2D eigenvalue weighted by atomic mass is 10.1. The van der Waals surface area contributed by atoms with E-state index in [1.807, 2.05) is 17.9 Å². The van der Waals surface area contributed by atoms with Gasteiger partial charge in [-0.05, 0) is 13.8 Å². The van der Waals surface area contributed by atoms with Gasteiger partial charge >= 0.3 is 6.03 Å². The summed E-state index contributed by atoms with van der Waals surface area (Å²) >= 11 is 1.75. The zero-order valence-corrected chi connectivity index (χ0v) is 14.4.